The van der Waals surface area contributed by atoms with Gasteiger partial charge >= 0.3 is 5.91 Å². The van der Waals surface area contributed by atoms with Crippen LogP contribution in [0.3, 0.4) is 0 Å². The van der Waals surface area contributed by atoms with Gasteiger partial charge in [-0.25, -0.2) is 4.79 Å². The quantitative estimate of drug-likeness (QED) is 0.581. The highest BCUT2D eigenvalue weighted by atomic mass is 16.3. The van der Waals surface area contributed by atoms with Crippen molar-refractivity contribution in [3.63, 3.8) is 0 Å². The van der Waals surface area contributed by atoms with Crippen LogP contribution in [0.15, 0.2) is 47.2 Å². The third kappa shape index (κ3) is 1.69. The number of fused-ring (bicyclic) bond motifs is 1. The lowest BCUT2D eigenvalue weighted by Crippen LogP contribution is -2.51. The van der Waals surface area contributed by atoms with E-state index in [9.17, 15) is 9.70 Å². The molecule has 0 aromatic rings. The molecule has 2 aliphatic carbocycles. The van der Waals surface area contributed by atoms with Crippen LogP contribution in [0.1, 0.15) is 33.1 Å². The number of hydrogen-bond donors (Lipinski definition) is 0. The molecule has 3 unspecified atom stereocenters. The summed E-state index contributed by atoms with van der Waals surface area (Å²) < 4.78 is 0.650. The van der Waals surface area contributed by atoms with Crippen molar-refractivity contribution in [2.75, 3.05) is 13.1 Å². The van der Waals surface area contributed by atoms with E-state index in [2.05, 4.69) is 24.5 Å². The predicted octanol–water partition coefficient (Wildman–Crippen LogP) is 3.12. The van der Waals surface area contributed by atoms with Crippen molar-refractivity contribution in [3.8, 4) is 0 Å². The van der Waals surface area contributed by atoms with Crippen LogP contribution in [-0.4, -0.2) is 34.7 Å². The fourth-order valence-electron chi connectivity index (χ4n) is 5.09. The summed E-state index contributed by atoms with van der Waals surface area (Å²) in [6.07, 6.45) is 8.70. The average molecular weight is 311 g/mol. The van der Waals surface area contributed by atoms with Gasteiger partial charge in [-0.1, -0.05) is 19.1 Å². The van der Waals surface area contributed by atoms with Gasteiger partial charge in [0.15, 0.2) is 0 Å². The van der Waals surface area contributed by atoms with Crippen LogP contribution in [0, 0.1) is 16.2 Å². The molecule has 0 aromatic heterocycles. The van der Waals surface area contributed by atoms with E-state index in [1.165, 1.54) is 22.4 Å². The number of allylic oxidation sites excluding steroid dienone is 3. The Kier molecular flexibility index (Phi) is 3.03. The number of hydrogen-bond acceptors (Lipinski definition) is 3. The van der Waals surface area contributed by atoms with Gasteiger partial charge in [0.25, 0.3) is 0 Å². The molecule has 2 aliphatic heterocycles. The molecule has 0 saturated heterocycles. The molecule has 2 heterocycles. The van der Waals surface area contributed by atoms with Crippen molar-refractivity contribution < 1.29 is 9.55 Å². The molecule has 4 rings (SSSR count). The Morgan fingerprint density at radius 3 is 3.00 bits per heavy atom. The Hall–Kier alpha value is -1.97. The Bertz CT molecular complexity index is 728. The highest BCUT2D eigenvalue weighted by Crippen LogP contribution is 2.57. The third-order valence-electron chi connectivity index (χ3n) is 6.44. The van der Waals surface area contributed by atoms with Crippen molar-refractivity contribution in [1.82, 2.24) is 4.90 Å². The van der Waals surface area contributed by atoms with E-state index in [1.54, 1.807) is 0 Å². The van der Waals surface area contributed by atoms with E-state index in [0.29, 0.717) is 4.76 Å². The first-order valence-corrected chi connectivity index (χ1v) is 8.49. The minimum atomic E-state index is -0.695. The van der Waals surface area contributed by atoms with Crippen LogP contribution in [-0.2, 0) is 4.79 Å². The van der Waals surface area contributed by atoms with Crippen molar-refractivity contribution in [3.05, 3.63) is 52.1 Å². The maximum atomic E-state index is 13.0. The highest BCUT2D eigenvalue weighted by molar-refractivity contribution is 5.81. The van der Waals surface area contributed by atoms with Crippen LogP contribution in [0.5, 0.6) is 0 Å². The summed E-state index contributed by atoms with van der Waals surface area (Å²) in [6, 6.07) is 0.277. The summed E-state index contributed by atoms with van der Waals surface area (Å²) in [5.41, 5.74) is 4.55. The van der Waals surface area contributed by atoms with E-state index in [-0.39, 0.29) is 24.4 Å². The molecule has 4 heteroatoms. The maximum Gasteiger partial charge on any atom is 0.443 e. The van der Waals surface area contributed by atoms with Crippen LogP contribution in [0.2, 0.25) is 0 Å². The van der Waals surface area contributed by atoms with Crippen molar-refractivity contribution in [2.24, 2.45) is 11.3 Å². The van der Waals surface area contributed by atoms with Crippen molar-refractivity contribution in [1.29, 1.82) is 0 Å². The number of nitroso groups, excluding NO2 is 1. The number of rotatable bonds is 2. The zero-order valence-corrected chi connectivity index (χ0v) is 13.8. The minimum Gasteiger partial charge on any atom is -0.367 e. The molecule has 120 valence electrons. The second-order valence-corrected chi connectivity index (χ2v) is 7.29. The fraction of sp³-hybridized carbons (Fsp3) is 0.526. The maximum absolute atomic E-state index is 13.0. The first-order valence-electron chi connectivity index (χ1n) is 8.49. The van der Waals surface area contributed by atoms with E-state index < -0.39 is 5.41 Å². The Labute approximate surface area is 136 Å². The van der Waals surface area contributed by atoms with Crippen LogP contribution in [0.4, 0.5) is 0 Å². The van der Waals surface area contributed by atoms with E-state index in [0.717, 1.165) is 25.8 Å². The molecule has 0 fully saturated rings. The Balaban J connectivity index is 2.00. The van der Waals surface area contributed by atoms with Gasteiger partial charge in [-0.15, -0.1) is 6.58 Å². The van der Waals surface area contributed by atoms with Gasteiger partial charge in [0.05, 0.1) is 4.76 Å². The predicted molar refractivity (Wildman–Crippen MR) is 88.5 cm³/mol. The zero-order valence-electron chi connectivity index (χ0n) is 13.8. The molecule has 4 nitrogen and oxygen atoms in total. The van der Waals surface area contributed by atoms with Gasteiger partial charge in [0, 0.05) is 23.2 Å². The van der Waals surface area contributed by atoms with Crippen molar-refractivity contribution >= 4 is 5.91 Å². The monoisotopic (exact) mass is 311 g/mol. The number of carbonyl (C=O) groups is 1. The average Bonchev–Trinajstić information content (AvgIpc) is 2.88. The summed E-state index contributed by atoms with van der Waals surface area (Å²) in [6.45, 7) is 9.01. The first kappa shape index (κ1) is 14.6. The molecule has 0 spiro atoms. The second-order valence-electron chi connectivity index (χ2n) is 7.29. The Morgan fingerprint density at radius 2 is 2.26 bits per heavy atom. The number of carbonyl (C=O) groups excluding carboxylic acids is 1. The molecular formula is C19H23N2O2+. The fourth-order valence-corrected chi connectivity index (χ4v) is 5.09. The molecule has 3 atom stereocenters. The summed E-state index contributed by atoms with van der Waals surface area (Å²) in [7, 11) is 0. The van der Waals surface area contributed by atoms with Gasteiger partial charge in [-0.3, -0.25) is 0 Å². The molecule has 4 aliphatic rings. The molecule has 23 heavy (non-hydrogen) atoms. The topological polar surface area (TPSA) is 40.4 Å². The highest BCUT2D eigenvalue weighted by Gasteiger charge is 2.59. The first-order chi connectivity index (χ1) is 11.0. The van der Waals surface area contributed by atoms with Gasteiger partial charge in [-0.2, -0.15) is 0 Å². The standard InChI is InChI=1S/C19H23N2O2/c1-4-9-20-16-8-7-15-13-6-5-10-21(23)18(22)19(15,3)12(2)17(20)11-14(13)16/h4-6,12,17H,1,7-11H2,2-3H3/q+1. The zero-order chi connectivity index (χ0) is 16.4. The Morgan fingerprint density at radius 1 is 1.48 bits per heavy atom. The molecule has 5 bridgehead atoms. The van der Waals surface area contributed by atoms with Crippen LogP contribution in [0.25, 0.3) is 0 Å². The van der Waals surface area contributed by atoms with E-state index >= 15 is 0 Å². The lowest BCUT2D eigenvalue weighted by Gasteiger charge is -2.44. The van der Waals surface area contributed by atoms with Crippen molar-refractivity contribution in [2.45, 2.75) is 39.2 Å². The van der Waals surface area contributed by atoms with Gasteiger partial charge in [0.1, 0.15) is 5.41 Å². The molecule has 0 aromatic carbocycles. The summed E-state index contributed by atoms with van der Waals surface area (Å²) in [4.78, 5) is 27.7. The van der Waals surface area contributed by atoms with Crippen LogP contribution >= 0.6 is 0 Å². The normalized spacial score (nSPS) is 35.7. The smallest absolute Gasteiger partial charge is 0.367 e. The minimum absolute atomic E-state index is 0.109. The number of nitrogens with zero attached hydrogens (tertiary/aromatic N) is 2. The SMILES string of the molecule is C=CCN1C2=C3CC1C(C)C1(C)C(=O)[N+](=O)CC=CC3=C1CC2. The van der Waals surface area contributed by atoms with Gasteiger partial charge in [0.2, 0.25) is 6.54 Å². The summed E-state index contributed by atoms with van der Waals surface area (Å²) in [5, 5.41) is 0. The molecule has 1 amide bonds. The molecule has 0 saturated carbocycles. The lowest BCUT2D eigenvalue weighted by molar-refractivity contribution is -0.467. The van der Waals surface area contributed by atoms with E-state index in [4.69, 9.17) is 0 Å². The number of likely N-dealkylation sites (tertiary alicyclic amines) is 1. The summed E-state index contributed by atoms with van der Waals surface area (Å²) >= 11 is 0. The lowest BCUT2D eigenvalue weighted by atomic mass is 9.65. The van der Waals surface area contributed by atoms with Gasteiger partial charge in [-0.05, 0) is 54.9 Å². The third-order valence-corrected chi connectivity index (χ3v) is 6.44. The molecule has 0 radical (unpaired) electrons. The van der Waals surface area contributed by atoms with Crippen LogP contribution < -0.4 is 0 Å². The summed E-state index contributed by atoms with van der Waals surface area (Å²) in [5.74, 6) is -0.157. The van der Waals surface area contributed by atoms with E-state index in [1.807, 2.05) is 19.1 Å². The number of amides is 1. The van der Waals surface area contributed by atoms with Gasteiger partial charge < -0.3 is 4.90 Å². The molecular weight excluding hydrogens is 288 g/mol. The molecule has 0 N–H and O–H groups in total. The second kappa shape index (κ2) is 4.76. The largest absolute Gasteiger partial charge is 0.443 e.